The van der Waals surface area contributed by atoms with Gasteiger partial charge in [-0.25, -0.2) is 4.98 Å². The second-order valence-electron chi connectivity index (χ2n) is 4.92. The molecule has 0 fully saturated rings. The molecule has 7 heteroatoms. The molecule has 1 N–H and O–H groups in total. The smallest absolute Gasteiger partial charge is 0.433 e. The van der Waals surface area contributed by atoms with Crippen molar-refractivity contribution in [3.8, 4) is 11.5 Å². The van der Waals surface area contributed by atoms with Gasteiger partial charge < -0.3 is 14.8 Å². The van der Waals surface area contributed by atoms with Gasteiger partial charge >= 0.3 is 6.18 Å². The van der Waals surface area contributed by atoms with Crippen molar-refractivity contribution in [2.24, 2.45) is 0 Å². The molecule has 0 spiro atoms. The summed E-state index contributed by atoms with van der Waals surface area (Å²) in [7, 11) is 3.04. The van der Waals surface area contributed by atoms with Gasteiger partial charge in [0.15, 0.2) is 11.5 Å². The highest BCUT2D eigenvalue weighted by atomic mass is 19.4. The minimum atomic E-state index is -4.52. The minimum absolute atomic E-state index is 0.120. The van der Waals surface area contributed by atoms with E-state index in [0.717, 1.165) is 11.6 Å². The van der Waals surface area contributed by atoms with Gasteiger partial charge in [0, 0.05) is 6.54 Å². The Morgan fingerprint density at radius 2 is 1.83 bits per heavy atom. The summed E-state index contributed by atoms with van der Waals surface area (Å²) >= 11 is 0. The van der Waals surface area contributed by atoms with Crippen LogP contribution in [0.25, 0.3) is 6.08 Å². The van der Waals surface area contributed by atoms with E-state index in [-0.39, 0.29) is 12.4 Å². The van der Waals surface area contributed by atoms with Crippen molar-refractivity contribution in [3.05, 3.63) is 53.7 Å². The molecule has 4 nitrogen and oxygen atoms in total. The highest BCUT2D eigenvalue weighted by molar-refractivity contribution is 5.54. The maximum Gasteiger partial charge on any atom is 0.433 e. The number of benzene rings is 1. The van der Waals surface area contributed by atoms with E-state index in [2.05, 4.69) is 16.9 Å². The summed E-state index contributed by atoms with van der Waals surface area (Å²) in [5.41, 5.74) is 0.189. The first-order valence-electron chi connectivity index (χ1n) is 7.04. The molecule has 0 saturated carbocycles. The number of methoxy groups -OCH3 is 2. The van der Waals surface area contributed by atoms with Gasteiger partial charge in [-0.1, -0.05) is 18.7 Å². The Labute approximate surface area is 137 Å². The summed E-state index contributed by atoms with van der Waals surface area (Å²) in [6.45, 7) is 3.78. The number of halogens is 3. The zero-order chi connectivity index (χ0) is 17.7. The molecule has 0 bridgehead atoms. The normalized spacial score (nSPS) is 11.0. The Morgan fingerprint density at radius 3 is 2.42 bits per heavy atom. The van der Waals surface area contributed by atoms with Gasteiger partial charge in [0.05, 0.1) is 14.2 Å². The molecule has 24 heavy (non-hydrogen) atoms. The third-order valence-electron chi connectivity index (χ3n) is 3.30. The molecule has 0 atom stereocenters. The van der Waals surface area contributed by atoms with Crippen molar-refractivity contribution in [2.75, 3.05) is 19.5 Å². The maximum atomic E-state index is 12.9. The number of nitrogens with zero attached hydrogens (tertiary/aromatic N) is 1. The van der Waals surface area contributed by atoms with Crippen LogP contribution in [0.2, 0.25) is 0 Å². The lowest BCUT2D eigenvalue weighted by Gasteiger charge is -2.13. The lowest BCUT2D eigenvalue weighted by atomic mass is 10.2. The molecule has 1 aromatic carbocycles. The fraction of sp³-hybridized carbons (Fsp3) is 0.235. The van der Waals surface area contributed by atoms with Gasteiger partial charge in [-0.3, -0.25) is 0 Å². The van der Waals surface area contributed by atoms with E-state index in [0.29, 0.717) is 17.1 Å². The van der Waals surface area contributed by atoms with Crippen LogP contribution < -0.4 is 14.8 Å². The van der Waals surface area contributed by atoms with Crippen LogP contribution in [0.1, 0.15) is 16.8 Å². The van der Waals surface area contributed by atoms with Crippen molar-refractivity contribution in [2.45, 2.75) is 12.7 Å². The molecule has 0 aliphatic carbocycles. The third kappa shape index (κ3) is 4.18. The van der Waals surface area contributed by atoms with Crippen molar-refractivity contribution in [1.82, 2.24) is 4.98 Å². The summed E-state index contributed by atoms with van der Waals surface area (Å²) in [5.74, 6) is 1.24. The van der Waals surface area contributed by atoms with E-state index in [1.807, 2.05) is 0 Å². The van der Waals surface area contributed by atoms with E-state index in [1.165, 1.54) is 26.4 Å². The fourth-order valence-electron chi connectivity index (χ4n) is 2.09. The van der Waals surface area contributed by atoms with Crippen molar-refractivity contribution < 1.29 is 22.6 Å². The van der Waals surface area contributed by atoms with Crippen LogP contribution in [0, 0.1) is 0 Å². The molecule has 2 aromatic rings. The van der Waals surface area contributed by atoms with E-state index < -0.39 is 11.9 Å². The molecule has 0 radical (unpaired) electrons. The van der Waals surface area contributed by atoms with Gasteiger partial charge in [-0.05, 0) is 35.4 Å². The van der Waals surface area contributed by atoms with E-state index >= 15 is 0 Å². The summed E-state index contributed by atoms with van der Waals surface area (Å²) in [6.07, 6.45) is -3.17. The molecule has 0 aliphatic heterocycles. The van der Waals surface area contributed by atoms with Crippen molar-refractivity contribution in [1.29, 1.82) is 0 Å². The Kier molecular flexibility index (Phi) is 5.33. The lowest BCUT2D eigenvalue weighted by molar-refractivity contribution is -0.141. The second-order valence-corrected chi connectivity index (χ2v) is 4.92. The largest absolute Gasteiger partial charge is 0.493 e. The molecular formula is C17H17F3N2O2. The highest BCUT2D eigenvalue weighted by Crippen LogP contribution is 2.30. The Balaban J connectivity index is 2.21. The highest BCUT2D eigenvalue weighted by Gasteiger charge is 2.33. The monoisotopic (exact) mass is 338 g/mol. The van der Waals surface area contributed by atoms with Crippen LogP contribution >= 0.6 is 0 Å². The van der Waals surface area contributed by atoms with Gasteiger partial charge in [0.1, 0.15) is 11.5 Å². The molecule has 0 amide bonds. The Morgan fingerprint density at radius 1 is 1.12 bits per heavy atom. The number of ether oxygens (including phenoxy) is 2. The Hall–Kier alpha value is -2.70. The van der Waals surface area contributed by atoms with Crippen molar-refractivity contribution >= 4 is 11.9 Å². The summed E-state index contributed by atoms with van der Waals surface area (Å²) in [4.78, 5) is 3.60. The first-order valence-corrected chi connectivity index (χ1v) is 7.04. The molecule has 1 heterocycles. The number of rotatable bonds is 6. The van der Waals surface area contributed by atoms with E-state index in [1.54, 1.807) is 18.2 Å². The van der Waals surface area contributed by atoms with Gasteiger partial charge in [-0.15, -0.1) is 0 Å². The first kappa shape index (κ1) is 17.7. The molecule has 0 saturated heterocycles. The number of nitrogens with one attached hydrogen (secondary N) is 1. The molecule has 128 valence electrons. The van der Waals surface area contributed by atoms with Crippen LogP contribution in [0.5, 0.6) is 11.5 Å². The zero-order valence-electron chi connectivity index (χ0n) is 13.3. The number of anilines is 1. The lowest BCUT2D eigenvalue weighted by Crippen LogP contribution is -2.11. The molecule has 0 unspecified atom stereocenters. The average molecular weight is 338 g/mol. The zero-order valence-corrected chi connectivity index (χ0v) is 13.3. The predicted octanol–water partition coefficient (Wildman–Crippen LogP) is 4.37. The van der Waals surface area contributed by atoms with Gasteiger partial charge in [0.25, 0.3) is 0 Å². The molecule has 0 aliphatic rings. The van der Waals surface area contributed by atoms with Crippen molar-refractivity contribution in [3.63, 3.8) is 0 Å². The van der Waals surface area contributed by atoms with Gasteiger partial charge in [-0.2, -0.15) is 13.2 Å². The van der Waals surface area contributed by atoms with Crippen LogP contribution in [0.3, 0.4) is 0 Å². The van der Waals surface area contributed by atoms with Crippen LogP contribution in [-0.2, 0) is 12.7 Å². The number of hydrogen-bond acceptors (Lipinski definition) is 4. The van der Waals surface area contributed by atoms with Gasteiger partial charge in [0.2, 0.25) is 0 Å². The Bertz CT molecular complexity index is 730. The van der Waals surface area contributed by atoms with Crippen LogP contribution in [0.4, 0.5) is 19.0 Å². The topological polar surface area (TPSA) is 43.4 Å². The fourth-order valence-corrected chi connectivity index (χ4v) is 2.09. The quantitative estimate of drug-likeness (QED) is 0.849. The summed E-state index contributed by atoms with van der Waals surface area (Å²) in [5, 5.41) is 2.88. The first-order chi connectivity index (χ1) is 11.4. The third-order valence-corrected chi connectivity index (χ3v) is 3.30. The molecule has 1 aromatic heterocycles. The van der Waals surface area contributed by atoms with Crippen LogP contribution in [0.15, 0.2) is 36.9 Å². The van der Waals surface area contributed by atoms with E-state index in [9.17, 15) is 13.2 Å². The maximum absolute atomic E-state index is 12.9. The minimum Gasteiger partial charge on any atom is -0.493 e. The number of pyridine rings is 1. The predicted molar refractivity (Wildman–Crippen MR) is 86.2 cm³/mol. The standard InChI is InChI=1S/C17H17F3N2O2/c1-4-11-8-15(17(18,19)20)22-16(9-11)21-10-12-5-6-13(23-2)14(7-12)24-3/h4-9H,1,10H2,2-3H3,(H,21,22). The second kappa shape index (κ2) is 7.25. The summed E-state index contributed by atoms with van der Waals surface area (Å²) in [6, 6.07) is 7.71. The van der Waals surface area contributed by atoms with Crippen LogP contribution in [-0.4, -0.2) is 19.2 Å². The number of hydrogen-bond donors (Lipinski definition) is 1. The molecule has 2 rings (SSSR count). The SMILES string of the molecule is C=Cc1cc(NCc2ccc(OC)c(OC)c2)nc(C(F)(F)F)c1. The summed E-state index contributed by atoms with van der Waals surface area (Å²) < 4.78 is 49.0. The number of aromatic nitrogens is 1. The van der Waals surface area contributed by atoms with E-state index in [4.69, 9.17) is 9.47 Å². The average Bonchev–Trinajstić information content (AvgIpc) is 2.58. The number of alkyl halides is 3. The molecular weight excluding hydrogens is 321 g/mol.